The second kappa shape index (κ2) is 7.25. The third kappa shape index (κ3) is 4.38. The van der Waals surface area contributed by atoms with Crippen molar-refractivity contribution in [2.24, 2.45) is 0 Å². The molecule has 128 valence electrons. The van der Waals surface area contributed by atoms with Crippen molar-refractivity contribution < 1.29 is 22.6 Å². The molecule has 0 aliphatic carbocycles. The van der Waals surface area contributed by atoms with Crippen molar-refractivity contribution in [3.63, 3.8) is 0 Å². The van der Waals surface area contributed by atoms with Gasteiger partial charge in [0.25, 0.3) is 0 Å². The first-order valence-electron chi connectivity index (χ1n) is 6.97. The average molecular weight is 385 g/mol. The molecule has 3 aromatic rings. The number of hydrogen-bond donors (Lipinski definition) is 0. The van der Waals surface area contributed by atoms with Gasteiger partial charge in [-0.15, -0.1) is 0 Å². The number of benzene rings is 3. The second-order valence-corrected chi connectivity index (χ2v) is 5.79. The van der Waals surface area contributed by atoms with Crippen LogP contribution < -0.4 is 9.47 Å². The molecule has 0 heterocycles. The summed E-state index contributed by atoms with van der Waals surface area (Å²) in [7, 11) is 0. The van der Waals surface area contributed by atoms with Gasteiger partial charge in [0, 0.05) is 30.3 Å². The minimum Gasteiger partial charge on any atom is -0.457 e. The van der Waals surface area contributed by atoms with E-state index in [1.807, 2.05) is 0 Å². The highest BCUT2D eigenvalue weighted by molar-refractivity contribution is 6.31. The summed E-state index contributed by atoms with van der Waals surface area (Å²) >= 11 is 11.4. The van der Waals surface area contributed by atoms with E-state index < -0.39 is 17.5 Å². The summed E-state index contributed by atoms with van der Waals surface area (Å²) in [5, 5.41) is -0.238. The Morgan fingerprint density at radius 3 is 1.40 bits per heavy atom. The van der Waals surface area contributed by atoms with Gasteiger partial charge in [-0.3, -0.25) is 0 Å². The van der Waals surface area contributed by atoms with Crippen LogP contribution >= 0.6 is 23.2 Å². The summed E-state index contributed by atoms with van der Waals surface area (Å²) in [5.74, 6) is -1.11. The van der Waals surface area contributed by atoms with Gasteiger partial charge in [-0.05, 0) is 24.3 Å². The molecule has 0 unspecified atom stereocenters. The Morgan fingerprint density at radius 1 is 0.560 bits per heavy atom. The Labute approximate surface area is 151 Å². The van der Waals surface area contributed by atoms with E-state index in [1.54, 1.807) is 0 Å². The van der Waals surface area contributed by atoms with Crippen LogP contribution in [0.3, 0.4) is 0 Å². The molecule has 3 rings (SSSR count). The molecule has 0 aromatic heterocycles. The van der Waals surface area contributed by atoms with Crippen molar-refractivity contribution in [3.05, 3.63) is 82.1 Å². The summed E-state index contributed by atoms with van der Waals surface area (Å²) in [6, 6.07) is 11.2. The molecule has 2 nitrogen and oxygen atoms in total. The van der Waals surface area contributed by atoms with E-state index in [1.165, 1.54) is 30.3 Å². The van der Waals surface area contributed by atoms with Crippen molar-refractivity contribution >= 4 is 23.2 Å². The standard InChI is InChI=1S/C18H9Cl2F3O2/c19-15-8-11(1-3-17(15)22)24-13-5-10(21)6-14(7-13)25-12-2-4-18(23)16(20)9-12/h1-9H. The van der Waals surface area contributed by atoms with Gasteiger partial charge in [0.1, 0.15) is 40.4 Å². The summed E-state index contributed by atoms with van der Waals surface area (Å²) in [4.78, 5) is 0. The lowest BCUT2D eigenvalue weighted by Gasteiger charge is -2.10. The first kappa shape index (κ1) is 17.5. The van der Waals surface area contributed by atoms with E-state index in [4.69, 9.17) is 32.7 Å². The van der Waals surface area contributed by atoms with Crippen LogP contribution in [0, 0.1) is 17.5 Å². The smallest absolute Gasteiger partial charge is 0.142 e. The third-order valence-electron chi connectivity index (χ3n) is 3.10. The lowest BCUT2D eigenvalue weighted by atomic mass is 10.3. The van der Waals surface area contributed by atoms with Gasteiger partial charge in [0.2, 0.25) is 0 Å². The van der Waals surface area contributed by atoms with E-state index in [-0.39, 0.29) is 33.0 Å². The fraction of sp³-hybridized carbons (Fsp3) is 0. The molecule has 3 aromatic carbocycles. The Balaban J connectivity index is 1.84. The molecule has 0 amide bonds. The predicted molar refractivity (Wildman–Crippen MR) is 89.4 cm³/mol. The molecule has 7 heteroatoms. The Hall–Kier alpha value is -2.37. The van der Waals surface area contributed by atoms with Gasteiger partial charge in [0.15, 0.2) is 0 Å². The zero-order valence-corrected chi connectivity index (χ0v) is 13.9. The number of hydrogen-bond acceptors (Lipinski definition) is 2. The number of ether oxygens (including phenoxy) is 2. The number of halogens is 5. The van der Waals surface area contributed by atoms with Crippen LogP contribution in [0.5, 0.6) is 23.0 Å². The Bertz CT molecular complexity index is 860. The summed E-state index contributed by atoms with van der Waals surface area (Å²) in [6.45, 7) is 0. The van der Waals surface area contributed by atoms with E-state index in [0.29, 0.717) is 0 Å². The first-order valence-corrected chi connectivity index (χ1v) is 7.73. The second-order valence-electron chi connectivity index (χ2n) is 4.98. The maximum absolute atomic E-state index is 13.8. The lowest BCUT2D eigenvalue weighted by Crippen LogP contribution is -1.90. The van der Waals surface area contributed by atoms with Gasteiger partial charge in [-0.2, -0.15) is 0 Å². The van der Waals surface area contributed by atoms with Crippen LogP contribution in [0.2, 0.25) is 10.0 Å². The Kier molecular flexibility index (Phi) is 5.06. The highest BCUT2D eigenvalue weighted by Crippen LogP contribution is 2.32. The molecule has 0 bridgehead atoms. The quantitative estimate of drug-likeness (QED) is 0.482. The van der Waals surface area contributed by atoms with Gasteiger partial charge in [-0.1, -0.05) is 23.2 Å². The molecular weight excluding hydrogens is 376 g/mol. The number of rotatable bonds is 4. The molecule has 0 saturated carbocycles. The van der Waals surface area contributed by atoms with Crippen LogP contribution in [-0.2, 0) is 0 Å². The Morgan fingerprint density at radius 2 is 1.00 bits per heavy atom. The third-order valence-corrected chi connectivity index (χ3v) is 3.68. The van der Waals surface area contributed by atoms with Crippen molar-refractivity contribution in [2.75, 3.05) is 0 Å². The fourth-order valence-corrected chi connectivity index (χ4v) is 2.35. The van der Waals surface area contributed by atoms with Crippen molar-refractivity contribution in [2.45, 2.75) is 0 Å². The van der Waals surface area contributed by atoms with Crippen molar-refractivity contribution in [1.29, 1.82) is 0 Å². The molecule has 0 aliphatic heterocycles. The highest BCUT2D eigenvalue weighted by atomic mass is 35.5. The van der Waals surface area contributed by atoms with Crippen LogP contribution in [0.4, 0.5) is 13.2 Å². The van der Waals surface area contributed by atoms with Crippen LogP contribution in [-0.4, -0.2) is 0 Å². The first-order chi connectivity index (χ1) is 11.9. The van der Waals surface area contributed by atoms with Gasteiger partial charge >= 0.3 is 0 Å². The molecule has 25 heavy (non-hydrogen) atoms. The summed E-state index contributed by atoms with van der Waals surface area (Å²) in [5.41, 5.74) is 0. The molecule has 0 saturated heterocycles. The van der Waals surface area contributed by atoms with Gasteiger partial charge in [0.05, 0.1) is 10.0 Å². The maximum Gasteiger partial charge on any atom is 0.142 e. The monoisotopic (exact) mass is 384 g/mol. The molecule has 0 N–H and O–H groups in total. The summed E-state index contributed by atoms with van der Waals surface area (Å²) < 4.78 is 51.0. The minimum absolute atomic E-state index is 0.117. The van der Waals surface area contributed by atoms with Crippen molar-refractivity contribution in [3.8, 4) is 23.0 Å². The normalized spacial score (nSPS) is 10.6. The van der Waals surface area contributed by atoms with E-state index >= 15 is 0 Å². The van der Waals surface area contributed by atoms with Crippen LogP contribution in [0.1, 0.15) is 0 Å². The van der Waals surface area contributed by atoms with Crippen LogP contribution in [0.25, 0.3) is 0 Å². The molecule has 0 aliphatic rings. The molecular formula is C18H9Cl2F3O2. The zero-order valence-electron chi connectivity index (χ0n) is 12.4. The largest absolute Gasteiger partial charge is 0.457 e. The maximum atomic E-state index is 13.8. The topological polar surface area (TPSA) is 18.5 Å². The van der Waals surface area contributed by atoms with Gasteiger partial charge < -0.3 is 9.47 Å². The highest BCUT2D eigenvalue weighted by Gasteiger charge is 2.09. The van der Waals surface area contributed by atoms with Crippen molar-refractivity contribution in [1.82, 2.24) is 0 Å². The van der Waals surface area contributed by atoms with E-state index in [2.05, 4.69) is 0 Å². The van der Waals surface area contributed by atoms with Crippen LogP contribution in [0.15, 0.2) is 54.6 Å². The lowest BCUT2D eigenvalue weighted by molar-refractivity contribution is 0.450. The van der Waals surface area contributed by atoms with E-state index in [0.717, 1.165) is 24.3 Å². The summed E-state index contributed by atoms with van der Waals surface area (Å²) in [6.07, 6.45) is 0. The van der Waals surface area contributed by atoms with Gasteiger partial charge in [-0.25, -0.2) is 13.2 Å². The SMILES string of the molecule is Fc1cc(Oc2ccc(F)c(Cl)c2)cc(Oc2ccc(F)c(Cl)c2)c1. The van der Waals surface area contributed by atoms with E-state index in [9.17, 15) is 13.2 Å². The molecule has 0 atom stereocenters. The predicted octanol–water partition coefficient (Wildman–Crippen LogP) is 7.00. The molecule has 0 fully saturated rings. The minimum atomic E-state index is -0.617. The molecule has 0 spiro atoms. The molecule has 0 radical (unpaired) electrons. The average Bonchev–Trinajstić information content (AvgIpc) is 2.54. The fourth-order valence-electron chi connectivity index (χ4n) is 2.01. The zero-order chi connectivity index (χ0) is 18.0.